The van der Waals surface area contributed by atoms with E-state index in [1.54, 1.807) is 53.1 Å². The highest BCUT2D eigenvalue weighted by Gasteiger charge is 2.77. The number of esters is 1. The Bertz CT molecular complexity index is 1250. The Morgan fingerprint density at radius 1 is 1.25 bits per heavy atom. The number of ether oxygens (including phenoxy) is 2. The summed E-state index contributed by atoms with van der Waals surface area (Å²) in [4.78, 5) is 57.3. The van der Waals surface area contributed by atoms with Gasteiger partial charge in [-0.1, -0.05) is 39.7 Å². The first kappa shape index (κ1) is 34.1. The molecule has 0 aromatic heterocycles. The molecule has 1 aromatic carbocycles. The Hall–Kier alpha value is -2.73. The van der Waals surface area contributed by atoms with Gasteiger partial charge in [0.2, 0.25) is 11.8 Å². The van der Waals surface area contributed by atoms with Crippen LogP contribution in [0, 0.1) is 11.8 Å². The minimum absolute atomic E-state index is 0.0312. The van der Waals surface area contributed by atoms with E-state index in [0.29, 0.717) is 42.8 Å². The van der Waals surface area contributed by atoms with Crippen molar-refractivity contribution in [2.24, 2.45) is 11.8 Å². The summed E-state index contributed by atoms with van der Waals surface area (Å²) in [5.41, 5.74) is -0.656. The molecule has 3 aliphatic rings. The second-order valence-electron chi connectivity index (χ2n) is 11.6. The lowest BCUT2D eigenvalue weighted by molar-refractivity contribution is -0.159. The van der Waals surface area contributed by atoms with Crippen molar-refractivity contribution in [2.75, 3.05) is 31.1 Å². The summed E-state index contributed by atoms with van der Waals surface area (Å²) in [5, 5.41) is 12.6. The molecule has 1 spiro atoms. The van der Waals surface area contributed by atoms with Crippen molar-refractivity contribution in [1.82, 2.24) is 10.2 Å². The number of nitrogens with one attached hydrogen (secondary N) is 1. The Kier molecular flexibility index (Phi) is 11.7. The fraction of sp³-hybridized carbons (Fsp3) is 0.562. The van der Waals surface area contributed by atoms with Gasteiger partial charge in [0.15, 0.2) is 0 Å². The molecule has 44 heavy (non-hydrogen) atoms. The van der Waals surface area contributed by atoms with E-state index in [0.717, 1.165) is 0 Å². The summed E-state index contributed by atoms with van der Waals surface area (Å²) in [6.45, 7) is 9.73. The van der Waals surface area contributed by atoms with Crippen LogP contribution in [0.1, 0.15) is 45.4 Å². The molecule has 3 heterocycles. The second-order valence-corrected chi connectivity index (χ2v) is 13.2. The third-order valence-corrected chi connectivity index (χ3v) is 9.64. The van der Waals surface area contributed by atoms with Crippen LogP contribution in [-0.4, -0.2) is 88.6 Å². The zero-order valence-electron chi connectivity index (χ0n) is 25.0. The number of hydrogen-bond donors (Lipinski definition) is 2. The average molecular weight is 695 g/mol. The molecule has 3 saturated heterocycles. The van der Waals surface area contributed by atoms with Crippen LogP contribution >= 0.6 is 27.5 Å². The first-order valence-corrected chi connectivity index (χ1v) is 16.4. The van der Waals surface area contributed by atoms with Gasteiger partial charge in [-0.3, -0.25) is 19.2 Å². The molecule has 3 amide bonds. The Labute approximate surface area is 271 Å². The number of hydrogen-bond acceptors (Lipinski definition) is 7. The van der Waals surface area contributed by atoms with Gasteiger partial charge in [0, 0.05) is 41.7 Å². The molecule has 0 radical (unpaired) electrons. The fourth-order valence-electron chi connectivity index (χ4n) is 6.61. The van der Waals surface area contributed by atoms with Gasteiger partial charge in [0.1, 0.15) is 17.7 Å². The van der Waals surface area contributed by atoms with Gasteiger partial charge in [0.25, 0.3) is 5.91 Å². The van der Waals surface area contributed by atoms with Crippen molar-refractivity contribution in [2.45, 2.75) is 74.1 Å². The van der Waals surface area contributed by atoms with Gasteiger partial charge in [-0.15, -0.1) is 13.2 Å². The first-order valence-electron chi connectivity index (χ1n) is 15.1. The van der Waals surface area contributed by atoms with Crippen LogP contribution in [0.3, 0.4) is 0 Å². The predicted molar refractivity (Wildman–Crippen MR) is 170 cm³/mol. The van der Waals surface area contributed by atoms with Crippen LogP contribution in [0.15, 0.2) is 49.6 Å². The number of benzene rings is 1. The number of carbonyl (C=O) groups excluding carboxylic acids is 4. The average Bonchev–Trinajstić information content (AvgIpc) is 3.59. The molecule has 240 valence electrons. The molecule has 1 unspecified atom stereocenters. The molecule has 0 saturated carbocycles. The number of halogens is 2. The lowest BCUT2D eigenvalue weighted by atomic mass is 9.70. The topological polar surface area (TPSA) is 125 Å². The Balaban J connectivity index is 1.62. The summed E-state index contributed by atoms with van der Waals surface area (Å²) in [5.74, 6) is -3.27. The normalized spacial score (nSPS) is 27.5. The van der Waals surface area contributed by atoms with Crippen LogP contribution in [0.5, 0.6) is 0 Å². The van der Waals surface area contributed by atoms with Crippen molar-refractivity contribution >= 4 is 56.9 Å². The summed E-state index contributed by atoms with van der Waals surface area (Å²) < 4.78 is 12.3. The molecule has 3 fully saturated rings. The summed E-state index contributed by atoms with van der Waals surface area (Å²) in [6.07, 6.45) is 4.95. The van der Waals surface area contributed by atoms with Crippen LogP contribution in [-0.2, 0) is 28.7 Å². The maximum atomic E-state index is 14.5. The number of allylic oxidation sites excluding steroid dienone is 1. The number of carbonyl (C=O) groups is 4. The highest BCUT2D eigenvalue weighted by Crippen LogP contribution is 2.60. The van der Waals surface area contributed by atoms with Crippen LogP contribution in [0.2, 0.25) is 5.02 Å². The molecule has 4 rings (SSSR count). The van der Waals surface area contributed by atoms with Gasteiger partial charge < -0.3 is 29.7 Å². The SMILES string of the molecule is C=CCCC(=O)NC[C@@H](C)OC(=O)[C@H]1[C@@H]2O[C@@]3(CC2Br)[C@@H]1C(=O)N(CCCCCO)[C@@H]3C(=O)N(CC=C)c1ccc(Cl)cc1. The van der Waals surface area contributed by atoms with Gasteiger partial charge >= 0.3 is 5.97 Å². The van der Waals surface area contributed by atoms with Crippen LogP contribution < -0.4 is 10.2 Å². The summed E-state index contributed by atoms with van der Waals surface area (Å²) in [7, 11) is 0. The number of rotatable bonds is 16. The van der Waals surface area contributed by atoms with Crippen molar-refractivity contribution in [3.63, 3.8) is 0 Å². The zero-order valence-corrected chi connectivity index (χ0v) is 27.3. The van der Waals surface area contributed by atoms with E-state index in [1.807, 2.05) is 0 Å². The lowest BCUT2D eigenvalue weighted by Gasteiger charge is -2.37. The zero-order chi connectivity index (χ0) is 32.0. The molecule has 1 aromatic rings. The van der Waals surface area contributed by atoms with Crippen molar-refractivity contribution in [3.8, 4) is 0 Å². The van der Waals surface area contributed by atoms with E-state index in [1.165, 1.54) is 0 Å². The van der Waals surface area contributed by atoms with E-state index in [4.69, 9.17) is 21.1 Å². The molecular weight excluding hydrogens is 654 g/mol. The number of likely N-dealkylation sites (tertiary alicyclic amines) is 1. The predicted octanol–water partition coefficient (Wildman–Crippen LogP) is 3.78. The number of anilines is 1. The van der Waals surface area contributed by atoms with Crippen LogP contribution in [0.25, 0.3) is 0 Å². The smallest absolute Gasteiger partial charge is 0.312 e. The van der Waals surface area contributed by atoms with Gasteiger partial charge in [0.05, 0.1) is 24.5 Å². The van der Waals surface area contributed by atoms with E-state index < -0.39 is 41.7 Å². The Morgan fingerprint density at radius 2 is 1.98 bits per heavy atom. The number of amides is 3. The molecule has 2 N–H and O–H groups in total. The third kappa shape index (κ3) is 6.90. The lowest BCUT2D eigenvalue weighted by Crippen LogP contribution is -2.57. The minimum Gasteiger partial charge on any atom is -0.460 e. The molecule has 0 aliphatic carbocycles. The molecule has 12 heteroatoms. The second kappa shape index (κ2) is 15.0. The fourth-order valence-corrected chi connectivity index (χ4v) is 7.68. The van der Waals surface area contributed by atoms with Crippen molar-refractivity contribution in [1.29, 1.82) is 0 Å². The van der Waals surface area contributed by atoms with E-state index in [2.05, 4.69) is 34.4 Å². The Morgan fingerprint density at radius 3 is 2.64 bits per heavy atom. The number of fused-ring (bicyclic) bond motifs is 1. The van der Waals surface area contributed by atoms with E-state index >= 15 is 0 Å². The number of aliphatic hydroxyl groups is 1. The highest BCUT2D eigenvalue weighted by molar-refractivity contribution is 9.09. The van der Waals surface area contributed by atoms with E-state index in [-0.39, 0.29) is 55.2 Å². The number of alkyl halides is 1. The molecule has 3 aliphatic heterocycles. The van der Waals surface area contributed by atoms with Crippen molar-refractivity contribution in [3.05, 3.63) is 54.6 Å². The molecule has 7 atom stereocenters. The maximum absolute atomic E-state index is 14.5. The third-order valence-electron chi connectivity index (χ3n) is 8.55. The van der Waals surface area contributed by atoms with Crippen molar-refractivity contribution < 1.29 is 33.8 Å². The van der Waals surface area contributed by atoms with Gasteiger partial charge in [-0.05, 0) is 63.3 Å². The highest BCUT2D eigenvalue weighted by atomic mass is 79.9. The quantitative estimate of drug-likeness (QED) is 0.117. The number of aliphatic hydroxyl groups excluding tert-OH is 1. The van der Waals surface area contributed by atoms with E-state index in [9.17, 15) is 24.3 Å². The standard InChI is InChI=1S/C32H41BrClN3O7/c1-4-6-10-24(39)35-19-20(3)43-31(42)25-26-29(40)37(16-8-7-9-17-38)28(32(26)18-23(33)27(25)44-32)30(41)36(15-5-2)22-13-11-21(34)12-14-22/h4-5,11-14,20,23,25-28,38H,1-2,6-10,15-19H2,3H3,(H,35,39)/t20-,23?,25-,26+,27-,28-,32+/m1/s1. The summed E-state index contributed by atoms with van der Waals surface area (Å²) in [6, 6.07) is 5.86. The van der Waals surface area contributed by atoms with Gasteiger partial charge in [-0.25, -0.2) is 0 Å². The molecule has 10 nitrogen and oxygen atoms in total. The summed E-state index contributed by atoms with van der Waals surface area (Å²) >= 11 is 9.79. The largest absolute Gasteiger partial charge is 0.460 e. The first-order chi connectivity index (χ1) is 21.1. The minimum atomic E-state index is -1.25. The maximum Gasteiger partial charge on any atom is 0.312 e. The van der Waals surface area contributed by atoms with Crippen LogP contribution in [0.4, 0.5) is 5.69 Å². The van der Waals surface area contributed by atoms with Gasteiger partial charge in [-0.2, -0.15) is 0 Å². The molecule has 2 bridgehead atoms. The number of unbranched alkanes of at least 4 members (excludes halogenated alkanes) is 2. The monoisotopic (exact) mass is 693 g/mol. The number of nitrogens with zero attached hydrogens (tertiary/aromatic N) is 2. The molecular formula is C32H41BrClN3O7.